The first-order valence-electron chi connectivity index (χ1n) is 5.98. The summed E-state index contributed by atoms with van der Waals surface area (Å²) < 4.78 is 11.0. The van der Waals surface area contributed by atoms with E-state index in [1.165, 1.54) is 12.3 Å². The van der Waals surface area contributed by atoms with E-state index in [1.807, 2.05) is 12.1 Å². The zero-order chi connectivity index (χ0) is 14.8. The quantitative estimate of drug-likeness (QED) is 0.770. The van der Waals surface area contributed by atoms with Gasteiger partial charge in [0.05, 0.1) is 10.9 Å². The maximum absolute atomic E-state index is 9.14. The predicted octanol–water partition coefficient (Wildman–Crippen LogP) is 2.95. The number of hydrogen-bond acceptors (Lipinski definition) is 6. The molecule has 0 spiro atoms. The number of aromatic nitrogens is 1. The fourth-order valence-electron chi connectivity index (χ4n) is 1.93. The van der Waals surface area contributed by atoms with Gasteiger partial charge in [-0.05, 0) is 18.2 Å². The summed E-state index contributed by atoms with van der Waals surface area (Å²) in [6, 6.07) is 12.4. The van der Waals surface area contributed by atoms with Gasteiger partial charge in [0.25, 0.3) is 0 Å². The van der Waals surface area contributed by atoms with Crippen LogP contribution in [0.1, 0.15) is 11.3 Å². The van der Waals surface area contributed by atoms with E-state index in [0.717, 1.165) is 0 Å². The second-order valence-corrected chi connectivity index (χ2v) is 4.16. The molecule has 0 saturated carbocycles. The molecule has 0 aliphatic heterocycles. The highest BCUT2D eigenvalue weighted by Gasteiger charge is 2.18. The van der Waals surface area contributed by atoms with Gasteiger partial charge in [0.15, 0.2) is 5.75 Å². The number of para-hydroxylation sites is 1. The number of benzene rings is 1. The molecule has 6 nitrogen and oxygen atoms in total. The molecular formula is C15H8N4O2. The van der Waals surface area contributed by atoms with Gasteiger partial charge in [0.1, 0.15) is 23.4 Å². The Balaban J connectivity index is 2.15. The molecule has 6 heteroatoms. The molecule has 3 aromatic rings. The SMILES string of the molecule is N#Cc1ccnc(Oc2c(C#N)oc3ccccc23)c1N. The van der Waals surface area contributed by atoms with E-state index in [1.54, 1.807) is 24.3 Å². The largest absolute Gasteiger partial charge is 0.442 e. The first kappa shape index (κ1) is 12.5. The third-order valence-electron chi connectivity index (χ3n) is 2.92. The van der Waals surface area contributed by atoms with Gasteiger partial charge >= 0.3 is 0 Å². The molecule has 0 aliphatic carbocycles. The van der Waals surface area contributed by atoms with Crippen LogP contribution < -0.4 is 10.5 Å². The van der Waals surface area contributed by atoms with Gasteiger partial charge in [0, 0.05) is 6.20 Å². The van der Waals surface area contributed by atoms with Crippen molar-refractivity contribution in [3.63, 3.8) is 0 Å². The Labute approximate surface area is 119 Å². The van der Waals surface area contributed by atoms with Crippen molar-refractivity contribution in [3.8, 4) is 23.8 Å². The highest BCUT2D eigenvalue weighted by Crippen LogP contribution is 2.37. The minimum atomic E-state index is 0.0276. The molecule has 0 aliphatic rings. The fraction of sp³-hybridized carbons (Fsp3) is 0. The lowest BCUT2D eigenvalue weighted by Crippen LogP contribution is -1.98. The van der Waals surface area contributed by atoms with Crippen LogP contribution in [-0.4, -0.2) is 4.98 Å². The highest BCUT2D eigenvalue weighted by atomic mass is 16.5. The summed E-state index contributed by atoms with van der Waals surface area (Å²) in [5.41, 5.74) is 6.72. The lowest BCUT2D eigenvalue weighted by Gasteiger charge is -2.06. The molecule has 0 radical (unpaired) electrons. The van der Waals surface area contributed by atoms with Crippen molar-refractivity contribution in [1.29, 1.82) is 10.5 Å². The van der Waals surface area contributed by atoms with Crippen LogP contribution in [-0.2, 0) is 0 Å². The number of furan rings is 1. The predicted molar refractivity (Wildman–Crippen MR) is 74.4 cm³/mol. The summed E-state index contributed by atoms with van der Waals surface area (Å²) in [6.07, 6.45) is 1.42. The summed E-state index contributed by atoms with van der Waals surface area (Å²) in [5.74, 6) is 0.333. The third kappa shape index (κ3) is 2.01. The van der Waals surface area contributed by atoms with Crippen molar-refractivity contribution in [2.45, 2.75) is 0 Å². The van der Waals surface area contributed by atoms with Gasteiger partial charge in [-0.2, -0.15) is 10.5 Å². The van der Waals surface area contributed by atoms with E-state index < -0.39 is 0 Å². The van der Waals surface area contributed by atoms with E-state index in [0.29, 0.717) is 11.0 Å². The summed E-state index contributed by atoms with van der Waals surface area (Å²) in [4.78, 5) is 3.99. The molecule has 21 heavy (non-hydrogen) atoms. The number of pyridine rings is 1. The molecule has 0 atom stereocenters. The molecule has 0 fully saturated rings. The monoisotopic (exact) mass is 276 g/mol. The van der Waals surface area contributed by atoms with Crippen molar-refractivity contribution in [1.82, 2.24) is 4.98 Å². The lowest BCUT2D eigenvalue weighted by molar-refractivity contribution is 0.452. The van der Waals surface area contributed by atoms with Crippen LogP contribution in [0, 0.1) is 22.7 Å². The molecular weight excluding hydrogens is 268 g/mol. The van der Waals surface area contributed by atoms with Gasteiger partial charge in [-0.1, -0.05) is 12.1 Å². The fourth-order valence-corrected chi connectivity index (χ4v) is 1.93. The molecule has 0 saturated heterocycles. The Hall–Kier alpha value is -3.51. The number of hydrogen-bond donors (Lipinski definition) is 1. The van der Waals surface area contributed by atoms with E-state index in [-0.39, 0.29) is 28.6 Å². The van der Waals surface area contributed by atoms with E-state index in [4.69, 9.17) is 25.4 Å². The minimum Gasteiger partial charge on any atom is -0.442 e. The van der Waals surface area contributed by atoms with Crippen LogP contribution in [0.3, 0.4) is 0 Å². The van der Waals surface area contributed by atoms with Crippen molar-refractivity contribution in [2.24, 2.45) is 0 Å². The van der Waals surface area contributed by atoms with E-state index in [9.17, 15) is 0 Å². The van der Waals surface area contributed by atoms with Crippen molar-refractivity contribution >= 4 is 16.7 Å². The second kappa shape index (κ2) is 4.87. The smallest absolute Gasteiger partial charge is 0.247 e. The van der Waals surface area contributed by atoms with E-state index >= 15 is 0 Å². The molecule has 0 bridgehead atoms. The molecule has 100 valence electrons. The van der Waals surface area contributed by atoms with Crippen LogP contribution >= 0.6 is 0 Å². The Morgan fingerprint density at radius 2 is 1.95 bits per heavy atom. The van der Waals surface area contributed by atoms with Crippen LogP contribution in [0.15, 0.2) is 40.9 Å². The van der Waals surface area contributed by atoms with Gasteiger partial charge < -0.3 is 14.9 Å². The van der Waals surface area contributed by atoms with Crippen molar-refractivity contribution in [2.75, 3.05) is 5.73 Å². The zero-order valence-corrected chi connectivity index (χ0v) is 10.7. The van der Waals surface area contributed by atoms with Crippen LogP contribution in [0.2, 0.25) is 0 Å². The Kier molecular flexibility index (Phi) is 2.91. The Bertz CT molecular complexity index is 916. The number of nitrogen functional groups attached to an aromatic ring is 1. The summed E-state index contributed by atoms with van der Waals surface area (Å²) in [7, 11) is 0. The third-order valence-corrected chi connectivity index (χ3v) is 2.92. The minimum absolute atomic E-state index is 0.0276. The Morgan fingerprint density at radius 1 is 1.14 bits per heavy atom. The summed E-state index contributed by atoms with van der Waals surface area (Å²) in [5, 5.41) is 18.7. The van der Waals surface area contributed by atoms with Gasteiger partial charge in [-0.3, -0.25) is 0 Å². The number of nitrogens with zero attached hydrogens (tertiary/aromatic N) is 3. The van der Waals surface area contributed by atoms with Gasteiger partial charge in [0.2, 0.25) is 11.6 Å². The number of nitriles is 2. The zero-order valence-electron chi connectivity index (χ0n) is 10.7. The standard InChI is InChI=1S/C15H8N4O2/c16-7-9-5-6-19-15(13(9)18)21-14-10-3-1-2-4-11(10)20-12(14)8-17/h1-6H,18H2. The van der Waals surface area contributed by atoms with Gasteiger partial charge in [-0.15, -0.1) is 0 Å². The maximum Gasteiger partial charge on any atom is 0.247 e. The average molecular weight is 276 g/mol. The summed E-state index contributed by atoms with van der Waals surface area (Å²) >= 11 is 0. The Morgan fingerprint density at radius 3 is 2.71 bits per heavy atom. The second-order valence-electron chi connectivity index (χ2n) is 4.16. The molecule has 0 unspecified atom stereocenters. The molecule has 3 rings (SSSR count). The molecule has 2 heterocycles. The van der Waals surface area contributed by atoms with Crippen LogP contribution in [0.5, 0.6) is 11.6 Å². The average Bonchev–Trinajstić information content (AvgIpc) is 2.87. The van der Waals surface area contributed by atoms with Crippen LogP contribution in [0.25, 0.3) is 11.0 Å². The normalized spacial score (nSPS) is 10.0. The topological polar surface area (TPSA) is 109 Å². The number of nitrogens with two attached hydrogens (primary N) is 1. The molecule has 0 amide bonds. The first-order chi connectivity index (χ1) is 10.2. The molecule has 2 N–H and O–H groups in total. The highest BCUT2D eigenvalue weighted by molar-refractivity contribution is 5.87. The lowest BCUT2D eigenvalue weighted by atomic mass is 10.2. The van der Waals surface area contributed by atoms with Crippen molar-refractivity contribution in [3.05, 3.63) is 47.9 Å². The molecule has 1 aromatic carbocycles. The van der Waals surface area contributed by atoms with Crippen molar-refractivity contribution < 1.29 is 9.15 Å². The number of ether oxygens (including phenoxy) is 1. The van der Waals surface area contributed by atoms with Gasteiger partial charge in [-0.25, -0.2) is 4.98 Å². The molecule has 2 aromatic heterocycles. The number of anilines is 1. The number of fused-ring (bicyclic) bond motifs is 1. The summed E-state index contributed by atoms with van der Waals surface area (Å²) in [6.45, 7) is 0. The van der Waals surface area contributed by atoms with Crippen LogP contribution in [0.4, 0.5) is 5.69 Å². The maximum atomic E-state index is 9.14. The first-order valence-corrected chi connectivity index (χ1v) is 5.98. The van der Waals surface area contributed by atoms with E-state index in [2.05, 4.69) is 4.98 Å². The number of rotatable bonds is 2.